The summed E-state index contributed by atoms with van der Waals surface area (Å²) in [5, 5.41) is 0. The van der Waals surface area contributed by atoms with E-state index in [1.807, 2.05) is 31.2 Å². The van der Waals surface area contributed by atoms with Gasteiger partial charge in [0.15, 0.2) is 0 Å². The van der Waals surface area contributed by atoms with E-state index in [-0.39, 0.29) is 0 Å². The Bertz CT molecular complexity index is 218. The maximum Gasteiger partial charge on any atom is 0.0716 e. The highest BCUT2D eigenvalue weighted by atomic mass is 16.5. The highest BCUT2D eigenvalue weighted by Crippen LogP contribution is 2.04. The van der Waals surface area contributed by atoms with Crippen LogP contribution in [0.5, 0.6) is 0 Å². The first-order chi connectivity index (χ1) is 5.33. The molecule has 0 aromatic heterocycles. The summed E-state index contributed by atoms with van der Waals surface area (Å²) in [4.78, 5) is 0. The van der Waals surface area contributed by atoms with Gasteiger partial charge in [-0.25, -0.2) is 0 Å². The first kappa shape index (κ1) is 8.28. The smallest absolute Gasteiger partial charge is 0.0716 e. The predicted octanol–water partition coefficient (Wildman–Crippen LogP) is 2.41. The highest BCUT2D eigenvalue weighted by molar-refractivity contribution is 5.24. The zero-order valence-corrected chi connectivity index (χ0v) is 6.84. The van der Waals surface area contributed by atoms with Gasteiger partial charge in [0.25, 0.3) is 0 Å². The summed E-state index contributed by atoms with van der Waals surface area (Å²) < 4.78 is 5.25. The van der Waals surface area contributed by atoms with E-state index < -0.39 is 0 Å². The van der Waals surface area contributed by atoms with Crippen molar-refractivity contribution in [1.29, 1.82) is 0 Å². The largest absolute Gasteiger partial charge is 0.377 e. The minimum Gasteiger partial charge on any atom is -0.377 e. The van der Waals surface area contributed by atoms with Gasteiger partial charge in [0.05, 0.1) is 6.61 Å². The maximum absolute atomic E-state index is 5.25. The minimum atomic E-state index is 0.694. The fourth-order valence-corrected chi connectivity index (χ4v) is 0.939. The van der Waals surface area contributed by atoms with Crippen molar-refractivity contribution in [3.05, 3.63) is 42.3 Å². The van der Waals surface area contributed by atoms with Gasteiger partial charge in [-0.2, -0.15) is 0 Å². The molecule has 0 aliphatic rings. The Morgan fingerprint density at radius 2 is 2.27 bits per heavy atom. The van der Waals surface area contributed by atoms with Crippen molar-refractivity contribution in [2.45, 2.75) is 13.5 Å². The number of hydrogen-bond acceptors (Lipinski definition) is 1. The molecule has 1 heteroatoms. The molecule has 1 radical (unpaired) electrons. The summed E-state index contributed by atoms with van der Waals surface area (Å²) in [5.74, 6) is 0. The van der Waals surface area contributed by atoms with E-state index >= 15 is 0 Å². The lowest BCUT2D eigenvalue weighted by molar-refractivity contribution is 0.134. The molecule has 0 aliphatic heterocycles. The van der Waals surface area contributed by atoms with E-state index in [4.69, 9.17) is 4.74 Å². The second-order valence-corrected chi connectivity index (χ2v) is 2.46. The van der Waals surface area contributed by atoms with Gasteiger partial charge in [0.1, 0.15) is 0 Å². The Hall–Kier alpha value is -0.820. The first-order valence-electron chi connectivity index (χ1n) is 3.81. The second kappa shape index (κ2) is 4.14. The van der Waals surface area contributed by atoms with Crippen molar-refractivity contribution in [1.82, 2.24) is 0 Å². The summed E-state index contributed by atoms with van der Waals surface area (Å²) in [6.45, 7) is 7.29. The van der Waals surface area contributed by atoms with Gasteiger partial charge >= 0.3 is 0 Å². The van der Waals surface area contributed by atoms with Crippen LogP contribution < -0.4 is 0 Å². The third kappa shape index (κ3) is 2.72. The van der Waals surface area contributed by atoms with Crippen LogP contribution in [0.1, 0.15) is 18.1 Å². The molecular weight excluding hydrogens is 136 g/mol. The molecule has 0 heterocycles. The zero-order chi connectivity index (χ0) is 8.10. The molecule has 1 nitrogen and oxygen atoms in total. The van der Waals surface area contributed by atoms with E-state index in [1.54, 1.807) is 0 Å². The summed E-state index contributed by atoms with van der Waals surface area (Å²) in [7, 11) is 0. The molecule has 0 saturated carbocycles. The molecule has 0 fully saturated rings. The van der Waals surface area contributed by atoms with Crippen molar-refractivity contribution < 1.29 is 4.74 Å². The van der Waals surface area contributed by atoms with Gasteiger partial charge < -0.3 is 4.74 Å². The second-order valence-electron chi connectivity index (χ2n) is 2.46. The lowest BCUT2D eigenvalue weighted by Crippen LogP contribution is -1.91. The highest BCUT2D eigenvalue weighted by Gasteiger charge is 1.90. The molecule has 1 aromatic carbocycles. The molecule has 11 heavy (non-hydrogen) atoms. The van der Waals surface area contributed by atoms with Gasteiger partial charge in [-0.1, -0.05) is 24.3 Å². The topological polar surface area (TPSA) is 9.23 Å². The summed E-state index contributed by atoms with van der Waals surface area (Å²) in [6, 6.07) is 8.06. The van der Waals surface area contributed by atoms with Crippen LogP contribution in [0.4, 0.5) is 0 Å². The van der Waals surface area contributed by atoms with Crippen molar-refractivity contribution >= 4 is 0 Å². The fraction of sp³-hybridized carbons (Fsp3) is 0.300. The van der Waals surface area contributed by atoms with Crippen LogP contribution in [-0.2, 0) is 11.3 Å². The van der Waals surface area contributed by atoms with Crippen LogP contribution >= 0.6 is 0 Å². The van der Waals surface area contributed by atoms with Crippen molar-refractivity contribution in [3.8, 4) is 0 Å². The third-order valence-electron chi connectivity index (χ3n) is 1.46. The number of benzene rings is 1. The van der Waals surface area contributed by atoms with E-state index in [1.165, 1.54) is 5.56 Å². The molecular formula is C10H13O. The number of rotatable bonds is 3. The third-order valence-corrected chi connectivity index (χ3v) is 1.46. The van der Waals surface area contributed by atoms with E-state index in [0.717, 1.165) is 12.2 Å². The van der Waals surface area contributed by atoms with Crippen molar-refractivity contribution in [3.63, 3.8) is 0 Å². The lowest BCUT2D eigenvalue weighted by atomic mass is 10.1. The molecule has 0 spiro atoms. The number of ether oxygens (including phenoxy) is 1. The molecule has 0 unspecified atom stereocenters. The quantitative estimate of drug-likeness (QED) is 0.641. The van der Waals surface area contributed by atoms with Crippen LogP contribution in [0.3, 0.4) is 0 Å². The monoisotopic (exact) mass is 149 g/mol. The van der Waals surface area contributed by atoms with Gasteiger partial charge in [-0.3, -0.25) is 0 Å². The van der Waals surface area contributed by atoms with E-state index in [2.05, 4.69) is 6.92 Å². The van der Waals surface area contributed by atoms with Crippen LogP contribution in [0.25, 0.3) is 0 Å². The average molecular weight is 149 g/mol. The first-order valence-corrected chi connectivity index (χ1v) is 3.81. The summed E-state index contributed by atoms with van der Waals surface area (Å²) in [5.41, 5.74) is 2.24. The van der Waals surface area contributed by atoms with Crippen molar-refractivity contribution in [2.75, 3.05) is 6.61 Å². The van der Waals surface area contributed by atoms with Crippen molar-refractivity contribution in [2.24, 2.45) is 0 Å². The molecule has 0 bridgehead atoms. The number of hydrogen-bond donors (Lipinski definition) is 0. The SMILES string of the molecule is [CH2]c1cccc(COCC)c1. The standard InChI is InChI=1S/C10H13O/c1-3-11-8-10-6-4-5-9(2)7-10/h4-7H,2-3,8H2,1H3. The molecule has 0 aliphatic carbocycles. The van der Waals surface area contributed by atoms with Crippen LogP contribution in [0.15, 0.2) is 24.3 Å². The van der Waals surface area contributed by atoms with E-state index in [9.17, 15) is 0 Å². The summed E-state index contributed by atoms with van der Waals surface area (Å²) >= 11 is 0. The minimum absolute atomic E-state index is 0.694. The Kier molecular flexibility index (Phi) is 3.12. The molecule has 0 N–H and O–H groups in total. The predicted molar refractivity (Wildman–Crippen MR) is 46.2 cm³/mol. The molecule has 1 aromatic rings. The molecule has 59 valence electrons. The van der Waals surface area contributed by atoms with Gasteiger partial charge in [0, 0.05) is 6.61 Å². The Labute approximate surface area is 68.0 Å². The van der Waals surface area contributed by atoms with Gasteiger partial charge in [0.2, 0.25) is 0 Å². The molecule has 1 rings (SSSR count). The van der Waals surface area contributed by atoms with Crippen LogP contribution in [0.2, 0.25) is 0 Å². The zero-order valence-electron chi connectivity index (χ0n) is 6.84. The molecule has 0 amide bonds. The van der Waals surface area contributed by atoms with Gasteiger partial charge in [-0.05, 0) is 25.0 Å². The Balaban J connectivity index is 2.56. The van der Waals surface area contributed by atoms with Crippen LogP contribution in [0, 0.1) is 6.92 Å². The molecule has 0 atom stereocenters. The van der Waals surface area contributed by atoms with Gasteiger partial charge in [-0.15, -0.1) is 0 Å². The lowest BCUT2D eigenvalue weighted by Gasteiger charge is -2.01. The summed E-state index contributed by atoms with van der Waals surface area (Å²) in [6.07, 6.45) is 0. The fourth-order valence-electron chi connectivity index (χ4n) is 0.939. The average Bonchev–Trinajstić information content (AvgIpc) is 2.01. The maximum atomic E-state index is 5.25. The van der Waals surface area contributed by atoms with Crippen LogP contribution in [-0.4, -0.2) is 6.61 Å². The molecule has 0 saturated heterocycles. The Morgan fingerprint density at radius 3 is 2.91 bits per heavy atom. The normalized spacial score (nSPS) is 10.0. The Morgan fingerprint density at radius 1 is 1.45 bits per heavy atom. The van der Waals surface area contributed by atoms with E-state index in [0.29, 0.717) is 6.61 Å².